The Morgan fingerprint density at radius 2 is 1.90 bits per heavy atom. The molecule has 1 aromatic carbocycles. The van der Waals surface area contributed by atoms with E-state index in [-0.39, 0.29) is 17.4 Å². The quantitative estimate of drug-likeness (QED) is 0.865. The van der Waals surface area contributed by atoms with Gasteiger partial charge in [0.05, 0.1) is 0 Å². The Hall–Kier alpha value is -1.35. The summed E-state index contributed by atoms with van der Waals surface area (Å²) in [5.74, 6) is 0.130. The van der Waals surface area contributed by atoms with Crippen molar-refractivity contribution in [2.75, 3.05) is 5.32 Å². The van der Waals surface area contributed by atoms with Gasteiger partial charge in [-0.2, -0.15) is 0 Å². The third kappa shape index (κ3) is 2.98. The second-order valence-electron chi connectivity index (χ2n) is 7.01. The van der Waals surface area contributed by atoms with Crippen LogP contribution < -0.4 is 11.1 Å². The Bertz CT molecular complexity index is 532. The van der Waals surface area contributed by atoms with Gasteiger partial charge in [0.2, 0.25) is 5.91 Å². The van der Waals surface area contributed by atoms with E-state index < -0.39 is 0 Å². The fourth-order valence-corrected chi connectivity index (χ4v) is 3.86. The number of hydrogen-bond acceptors (Lipinski definition) is 2. The molecule has 1 amide bonds. The minimum Gasteiger partial charge on any atom is -0.326 e. The van der Waals surface area contributed by atoms with Gasteiger partial charge in [-0.05, 0) is 48.3 Å². The first kappa shape index (κ1) is 14.6. The van der Waals surface area contributed by atoms with Crippen molar-refractivity contribution in [2.24, 2.45) is 11.1 Å². The lowest BCUT2D eigenvalue weighted by Gasteiger charge is -2.39. The van der Waals surface area contributed by atoms with Crippen LogP contribution in [0.2, 0.25) is 0 Å². The molecule has 0 bridgehead atoms. The zero-order chi connectivity index (χ0) is 14.9. The highest BCUT2D eigenvalue weighted by molar-refractivity contribution is 5.92. The second kappa shape index (κ2) is 5.80. The second-order valence-corrected chi connectivity index (χ2v) is 7.01. The molecule has 3 heteroatoms. The Balaban J connectivity index is 1.86. The molecule has 1 heterocycles. The van der Waals surface area contributed by atoms with E-state index in [9.17, 15) is 4.79 Å². The zero-order valence-corrected chi connectivity index (χ0v) is 13.0. The summed E-state index contributed by atoms with van der Waals surface area (Å²) in [4.78, 5) is 11.6. The number of aryl methyl sites for hydroxylation is 1. The molecule has 0 aromatic heterocycles. The van der Waals surface area contributed by atoms with Crippen molar-refractivity contribution in [3.8, 4) is 0 Å². The van der Waals surface area contributed by atoms with E-state index in [2.05, 4.69) is 24.4 Å². The first-order chi connectivity index (χ1) is 10.1. The SMILES string of the molecule is CC1(C(N)c2ccc3c(c2)CCCC(=O)N3)CCCCC1. The van der Waals surface area contributed by atoms with Crippen molar-refractivity contribution >= 4 is 11.6 Å². The number of amides is 1. The van der Waals surface area contributed by atoms with Crippen LogP contribution in [-0.4, -0.2) is 5.91 Å². The average Bonchev–Trinajstić information content (AvgIpc) is 2.67. The Kier molecular flexibility index (Phi) is 4.03. The van der Waals surface area contributed by atoms with Crippen LogP contribution in [0.5, 0.6) is 0 Å². The third-order valence-corrected chi connectivity index (χ3v) is 5.36. The Morgan fingerprint density at radius 3 is 2.67 bits per heavy atom. The normalized spacial score (nSPS) is 22.9. The smallest absolute Gasteiger partial charge is 0.224 e. The molecule has 1 aliphatic heterocycles. The van der Waals surface area contributed by atoms with Gasteiger partial charge in [-0.1, -0.05) is 38.3 Å². The number of hydrogen-bond donors (Lipinski definition) is 2. The lowest BCUT2D eigenvalue weighted by atomic mass is 9.69. The summed E-state index contributed by atoms with van der Waals surface area (Å²) in [6.07, 6.45) is 8.90. The molecular weight excluding hydrogens is 260 g/mol. The van der Waals surface area contributed by atoms with Crippen LogP contribution >= 0.6 is 0 Å². The minimum atomic E-state index is 0.0991. The van der Waals surface area contributed by atoms with Crippen LogP contribution in [0.1, 0.15) is 69.0 Å². The van der Waals surface area contributed by atoms with E-state index in [4.69, 9.17) is 5.73 Å². The van der Waals surface area contributed by atoms with Crippen molar-refractivity contribution < 1.29 is 4.79 Å². The fraction of sp³-hybridized carbons (Fsp3) is 0.611. The summed E-state index contributed by atoms with van der Waals surface area (Å²) in [6, 6.07) is 6.47. The topological polar surface area (TPSA) is 55.1 Å². The lowest BCUT2D eigenvalue weighted by molar-refractivity contribution is -0.116. The molecule has 1 atom stereocenters. The number of benzene rings is 1. The number of nitrogens with one attached hydrogen (secondary N) is 1. The molecular formula is C18H26N2O. The summed E-state index contributed by atoms with van der Waals surface area (Å²) in [6.45, 7) is 2.34. The molecule has 21 heavy (non-hydrogen) atoms. The molecule has 114 valence electrons. The van der Waals surface area contributed by atoms with Gasteiger partial charge in [0.15, 0.2) is 0 Å². The van der Waals surface area contributed by atoms with Gasteiger partial charge in [-0.15, -0.1) is 0 Å². The lowest BCUT2D eigenvalue weighted by Crippen LogP contribution is -2.34. The van der Waals surface area contributed by atoms with Gasteiger partial charge in [0.1, 0.15) is 0 Å². The molecule has 1 unspecified atom stereocenters. The Labute approximate surface area is 127 Å². The molecule has 0 saturated heterocycles. The first-order valence-corrected chi connectivity index (χ1v) is 8.27. The van der Waals surface area contributed by atoms with Gasteiger partial charge in [-0.3, -0.25) is 4.79 Å². The maximum absolute atomic E-state index is 11.6. The fourth-order valence-electron chi connectivity index (χ4n) is 3.86. The van der Waals surface area contributed by atoms with Crippen molar-refractivity contribution in [1.82, 2.24) is 0 Å². The number of nitrogens with two attached hydrogens (primary N) is 1. The standard InChI is InChI=1S/C18H26N2O/c1-18(10-3-2-4-11-18)17(19)14-8-9-15-13(12-14)6-5-7-16(21)20-15/h8-9,12,17H,2-7,10-11,19H2,1H3,(H,20,21). The molecule has 2 aliphatic rings. The maximum Gasteiger partial charge on any atom is 0.224 e. The van der Waals surface area contributed by atoms with E-state index in [1.54, 1.807) is 0 Å². The zero-order valence-electron chi connectivity index (χ0n) is 13.0. The number of carbonyl (C=O) groups excluding carboxylic acids is 1. The van der Waals surface area contributed by atoms with Gasteiger partial charge in [0, 0.05) is 18.2 Å². The molecule has 0 spiro atoms. The molecule has 1 fully saturated rings. The molecule has 3 nitrogen and oxygen atoms in total. The van der Waals surface area contributed by atoms with Crippen LogP contribution in [0.3, 0.4) is 0 Å². The van der Waals surface area contributed by atoms with Gasteiger partial charge < -0.3 is 11.1 Å². The van der Waals surface area contributed by atoms with Crippen molar-refractivity contribution in [1.29, 1.82) is 0 Å². The van der Waals surface area contributed by atoms with Gasteiger partial charge in [-0.25, -0.2) is 0 Å². The van der Waals surface area contributed by atoms with Gasteiger partial charge in [0.25, 0.3) is 0 Å². The van der Waals surface area contributed by atoms with Gasteiger partial charge >= 0.3 is 0 Å². The molecule has 3 N–H and O–H groups in total. The van der Waals surface area contributed by atoms with E-state index in [0.717, 1.165) is 18.5 Å². The highest BCUT2D eigenvalue weighted by Gasteiger charge is 2.34. The molecule has 1 aromatic rings. The van der Waals surface area contributed by atoms with Crippen LogP contribution in [0.25, 0.3) is 0 Å². The van der Waals surface area contributed by atoms with Crippen LogP contribution in [0, 0.1) is 5.41 Å². The summed E-state index contributed by atoms with van der Waals surface area (Å²) < 4.78 is 0. The van der Waals surface area contributed by atoms with Crippen molar-refractivity contribution in [3.63, 3.8) is 0 Å². The monoisotopic (exact) mass is 286 g/mol. The van der Waals surface area contributed by atoms with Crippen molar-refractivity contribution in [2.45, 2.75) is 64.3 Å². The van der Waals surface area contributed by atoms with E-state index in [0.29, 0.717) is 6.42 Å². The minimum absolute atomic E-state index is 0.0991. The van der Waals surface area contributed by atoms with E-state index in [1.807, 2.05) is 6.07 Å². The first-order valence-electron chi connectivity index (χ1n) is 8.27. The van der Waals surface area contributed by atoms with Crippen LogP contribution in [0.4, 0.5) is 5.69 Å². The predicted molar refractivity (Wildman–Crippen MR) is 86.1 cm³/mol. The molecule has 3 rings (SSSR count). The van der Waals surface area contributed by atoms with E-state index in [1.165, 1.54) is 43.2 Å². The highest BCUT2D eigenvalue weighted by atomic mass is 16.1. The third-order valence-electron chi connectivity index (χ3n) is 5.36. The molecule has 1 saturated carbocycles. The van der Waals surface area contributed by atoms with Crippen molar-refractivity contribution in [3.05, 3.63) is 29.3 Å². The summed E-state index contributed by atoms with van der Waals surface area (Å²) in [7, 11) is 0. The summed E-state index contributed by atoms with van der Waals surface area (Å²) in [5, 5.41) is 3.00. The number of anilines is 1. The number of rotatable bonds is 2. The maximum atomic E-state index is 11.6. The number of carbonyl (C=O) groups is 1. The Morgan fingerprint density at radius 1 is 1.14 bits per heavy atom. The predicted octanol–water partition coefficient (Wildman–Crippen LogP) is 3.93. The molecule has 1 aliphatic carbocycles. The highest BCUT2D eigenvalue weighted by Crippen LogP contribution is 2.44. The molecule has 0 radical (unpaired) electrons. The van der Waals surface area contributed by atoms with Crippen LogP contribution in [0.15, 0.2) is 18.2 Å². The average molecular weight is 286 g/mol. The summed E-state index contributed by atoms with van der Waals surface area (Å²) >= 11 is 0. The van der Waals surface area contributed by atoms with Crippen LogP contribution in [-0.2, 0) is 11.2 Å². The number of fused-ring (bicyclic) bond motifs is 1. The summed E-state index contributed by atoms with van der Waals surface area (Å²) in [5.41, 5.74) is 10.3. The van der Waals surface area contributed by atoms with E-state index >= 15 is 0 Å². The largest absolute Gasteiger partial charge is 0.326 e.